The quantitative estimate of drug-likeness (QED) is 0.797. The third-order valence-corrected chi connectivity index (χ3v) is 4.48. The van der Waals surface area contributed by atoms with Crippen LogP contribution in [0.2, 0.25) is 0 Å². The van der Waals surface area contributed by atoms with Gasteiger partial charge in [0, 0.05) is 10.9 Å². The molecular weight excluding hydrogens is 246 g/mol. The Morgan fingerprint density at radius 3 is 2.72 bits per heavy atom. The first kappa shape index (κ1) is 13.3. The van der Waals surface area contributed by atoms with Crippen LogP contribution in [0.3, 0.4) is 0 Å². The number of rotatable bonds is 5. The summed E-state index contributed by atoms with van der Waals surface area (Å²) in [4.78, 5) is 12.2. The predicted molar refractivity (Wildman–Crippen MR) is 75.6 cm³/mol. The molecular formula is C14H19NO2S. The molecule has 2 rings (SSSR count). The van der Waals surface area contributed by atoms with Gasteiger partial charge in [-0.3, -0.25) is 0 Å². The Morgan fingerprint density at radius 2 is 2.22 bits per heavy atom. The summed E-state index contributed by atoms with van der Waals surface area (Å²) in [5.74, 6) is -0.173. The Kier molecular flexibility index (Phi) is 4.17. The third kappa shape index (κ3) is 2.64. The van der Waals surface area contributed by atoms with Crippen LogP contribution in [-0.2, 0) is 0 Å². The van der Waals surface area contributed by atoms with Gasteiger partial charge in [0.2, 0.25) is 0 Å². The zero-order valence-corrected chi connectivity index (χ0v) is 11.6. The number of carboxylic acids is 1. The maximum absolute atomic E-state index is 11.4. The Balaban J connectivity index is 2.23. The summed E-state index contributed by atoms with van der Waals surface area (Å²) in [7, 11) is 0. The third-order valence-electron chi connectivity index (χ3n) is 3.70. The molecule has 1 fully saturated rings. The molecule has 0 heterocycles. The highest BCUT2D eigenvalue weighted by Crippen LogP contribution is 2.33. The van der Waals surface area contributed by atoms with Crippen molar-refractivity contribution in [3.63, 3.8) is 0 Å². The van der Waals surface area contributed by atoms with E-state index in [1.807, 2.05) is 24.5 Å². The Hall–Kier alpha value is -1.16. The molecule has 1 atom stereocenters. The number of carbonyl (C=O) groups is 1. The summed E-state index contributed by atoms with van der Waals surface area (Å²) in [6.07, 6.45) is 5.70. The molecule has 1 aliphatic rings. The number of aromatic carboxylic acids is 1. The van der Waals surface area contributed by atoms with Gasteiger partial charge in [0.15, 0.2) is 0 Å². The fourth-order valence-electron chi connectivity index (χ4n) is 2.35. The molecule has 0 aromatic heterocycles. The van der Waals surface area contributed by atoms with Gasteiger partial charge in [0.05, 0.1) is 11.3 Å². The first-order valence-electron chi connectivity index (χ1n) is 6.30. The maximum atomic E-state index is 11.4. The zero-order valence-electron chi connectivity index (χ0n) is 10.8. The Labute approximate surface area is 112 Å². The lowest BCUT2D eigenvalue weighted by Gasteiger charge is -2.33. The molecule has 1 unspecified atom stereocenters. The van der Waals surface area contributed by atoms with Crippen molar-refractivity contribution >= 4 is 23.4 Å². The van der Waals surface area contributed by atoms with Crippen LogP contribution in [0.1, 0.15) is 36.5 Å². The molecule has 0 spiro atoms. The van der Waals surface area contributed by atoms with Gasteiger partial charge in [0.25, 0.3) is 0 Å². The standard InChI is InChI=1S/C14H19NO2S/c1-9(10-5-3-6-10)15-11-7-4-8-12(18-2)13(11)14(16)17/h4,7-10,15H,3,5-6H2,1-2H3,(H,16,17). The highest BCUT2D eigenvalue weighted by atomic mass is 32.2. The van der Waals surface area contributed by atoms with E-state index in [0.717, 1.165) is 10.6 Å². The normalized spacial score (nSPS) is 17.0. The van der Waals surface area contributed by atoms with Gasteiger partial charge >= 0.3 is 5.97 Å². The predicted octanol–water partition coefficient (Wildman–Crippen LogP) is 3.71. The minimum atomic E-state index is -0.858. The van der Waals surface area contributed by atoms with Crippen LogP contribution in [0, 0.1) is 5.92 Å². The van der Waals surface area contributed by atoms with E-state index < -0.39 is 5.97 Å². The van der Waals surface area contributed by atoms with Crippen LogP contribution in [-0.4, -0.2) is 23.4 Å². The lowest BCUT2D eigenvalue weighted by Crippen LogP contribution is -2.31. The molecule has 1 aromatic rings. The molecule has 3 nitrogen and oxygen atoms in total. The van der Waals surface area contributed by atoms with Crippen LogP contribution in [0.5, 0.6) is 0 Å². The van der Waals surface area contributed by atoms with Gasteiger partial charge < -0.3 is 10.4 Å². The summed E-state index contributed by atoms with van der Waals surface area (Å²) in [5.41, 5.74) is 1.14. The molecule has 0 amide bonds. The minimum Gasteiger partial charge on any atom is -0.478 e. The van der Waals surface area contributed by atoms with Crippen LogP contribution >= 0.6 is 11.8 Å². The number of hydrogen-bond acceptors (Lipinski definition) is 3. The van der Waals surface area contributed by atoms with Crippen LogP contribution in [0.15, 0.2) is 23.1 Å². The summed E-state index contributed by atoms with van der Waals surface area (Å²) in [6.45, 7) is 2.14. The first-order chi connectivity index (χ1) is 8.63. The fourth-order valence-corrected chi connectivity index (χ4v) is 2.96. The van der Waals surface area contributed by atoms with Crippen molar-refractivity contribution in [2.45, 2.75) is 37.1 Å². The zero-order chi connectivity index (χ0) is 13.1. The summed E-state index contributed by atoms with van der Waals surface area (Å²) >= 11 is 1.47. The molecule has 2 N–H and O–H groups in total. The summed E-state index contributed by atoms with van der Waals surface area (Å²) in [6, 6.07) is 5.97. The van der Waals surface area contributed by atoms with Gasteiger partial charge in [-0.05, 0) is 44.1 Å². The molecule has 1 aliphatic carbocycles. The van der Waals surface area contributed by atoms with E-state index in [1.165, 1.54) is 31.0 Å². The fraction of sp³-hybridized carbons (Fsp3) is 0.500. The lowest BCUT2D eigenvalue weighted by atomic mass is 9.80. The first-order valence-corrected chi connectivity index (χ1v) is 7.52. The van der Waals surface area contributed by atoms with Crippen molar-refractivity contribution in [1.82, 2.24) is 0 Å². The molecule has 0 saturated heterocycles. The number of thioether (sulfide) groups is 1. The van der Waals surface area contributed by atoms with Crippen molar-refractivity contribution in [1.29, 1.82) is 0 Å². The maximum Gasteiger partial charge on any atom is 0.338 e. The second-order valence-corrected chi connectivity index (χ2v) is 5.66. The molecule has 18 heavy (non-hydrogen) atoms. The Morgan fingerprint density at radius 1 is 1.50 bits per heavy atom. The van der Waals surface area contributed by atoms with Crippen molar-refractivity contribution in [3.05, 3.63) is 23.8 Å². The summed E-state index contributed by atoms with van der Waals surface area (Å²) < 4.78 is 0. The van der Waals surface area contributed by atoms with E-state index in [2.05, 4.69) is 12.2 Å². The SMILES string of the molecule is CSc1cccc(NC(C)C2CCC2)c1C(=O)O. The number of benzene rings is 1. The number of anilines is 1. The highest BCUT2D eigenvalue weighted by molar-refractivity contribution is 7.98. The van der Waals surface area contributed by atoms with Gasteiger partial charge in [-0.15, -0.1) is 11.8 Å². The van der Waals surface area contributed by atoms with Crippen molar-refractivity contribution in [3.8, 4) is 0 Å². The van der Waals surface area contributed by atoms with Crippen molar-refractivity contribution in [2.75, 3.05) is 11.6 Å². The molecule has 0 bridgehead atoms. The number of hydrogen-bond donors (Lipinski definition) is 2. The molecule has 0 aliphatic heterocycles. The van der Waals surface area contributed by atoms with E-state index in [1.54, 1.807) is 0 Å². The summed E-state index contributed by atoms with van der Waals surface area (Å²) in [5, 5.41) is 12.7. The van der Waals surface area contributed by atoms with Gasteiger partial charge in [-0.25, -0.2) is 4.79 Å². The number of nitrogens with one attached hydrogen (secondary N) is 1. The van der Waals surface area contributed by atoms with E-state index in [9.17, 15) is 9.90 Å². The highest BCUT2D eigenvalue weighted by Gasteiger charge is 2.25. The second-order valence-electron chi connectivity index (χ2n) is 4.81. The monoisotopic (exact) mass is 265 g/mol. The lowest BCUT2D eigenvalue weighted by molar-refractivity contribution is 0.0694. The minimum absolute atomic E-state index is 0.342. The van der Waals surface area contributed by atoms with Crippen molar-refractivity contribution in [2.24, 2.45) is 5.92 Å². The largest absolute Gasteiger partial charge is 0.478 e. The number of carboxylic acid groups (broad SMARTS) is 1. The molecule has 0 radical (unpaired) electrons. The second kappa shape index (κ2) is 5.65. The van der Waals surface area contributed by atoms with Gasteiger partial charge in [0.1, 0.15) is 0 Å². The van der Waals surface area contributed by atoms with Crippen LogP contribution in [0.4, 0.5) is 5.69 Å². The van der Waals surface area contributed by atoms with Gasteiger partial charge in [-0.2, -0.15) is 0 Å². The topological polar surface area (TPSA) is 49.3 Å². The molecule has 1 aromatic carbocycles. The van der Waals surface area contributed by atoms with Crippen molar-refractivity contribution < 1.29 is 9.90 Å². The van der Waals surface area contributed by atoms with E-state index in [-0.39, 0.29) is 0 Å². The average molecular weight is 265 g/mol. The molecule has 98 valence electrons. The van der Waals surface area contributed by atoms with E-state index in [0.29, 0.717) is 17.5 Å². The molecule has 1 saturated carbocycles. The molecule has 4 heteroatoms. The average Bonchev–Trinajstić information content (AvgIpc) is 2.25. The van der Waals surface area contributed by atoms with E-state index >= 15 is 0 Å². The van der Waals surface area contributed by atoms with Gasteiger partial charge in [-0.1, -0.05) is 12.5 Å². The Bertz CT molecular complexity index is 443. The van der Waals surface area contributed by atoms with Crippen LogP contribution < -0.4 is 5.32 Å². The van der Waals surface area contributed by atoms with E-state index in [4.69, 9.17) is 0 Å². The smallest absolute Gasteiger partial charge is 0.338 e. The van der Waals surface area contributed by atoms with Crippen LogP contribution in [0.25, 0.3) is 0 Å².